The van der Waals surface area contributed by atoms with Crippen molar-refractivity contribution < 1.29 is 43.3 Å². The number of alkyl carbamates (subject to hydrolysis) is 1. The van der Waals surface area contributed by atoms with Crippen molar-refractivity contribution in [2.75, 3.05) is 19.8 Å². The molecule has 4 amide bonds. The first kappa shape index (κ1) is 32.1. The van der Waals surface area contributed by atoms with Gasteiger partial charge in [-0.1, -0.05) is 42.7 Å². The van der Waals surface area contributed by atoms with E-state index in [1.165, 1.54) is 9.80 Å². The van der Waals surface area contributed by atoms with Crippen LogP contribution in [0.1, 0.15) is 62.5 Å². The number of carbonyl (C=O) groups is 5. The number of rotatable bonds is 4. The Hall–Kier alpha value is -3.84. The molecule has 0 spiro atoms. The van der Waals surface area contributed by atoms with E-state index in [0.717, 1.165) is 30.4 Å². The van der Waals surface area contributed by atoms with E-state index in [1.54, 1.807) is 12.1 Å². The van der Waals surface area contributed by atoms with Gasteiger partial charge in [-0.3, -0.25) is 14.5 Å². The molecule has 4 aliphatic heterocycles. The van der Waals surface area contributed by atoms with Gasteiger partial charge in [0.15, 0.2) is 0 Å². The van der Waals surface area contributed by atoms with Crippen molar-refractivity contribution in [1.82, 2.24) is 20.4 Å². The number of aliphatic carboxylic acids is 1. The lowest BCUT2D eigenvalue weighted by Crippen LogP contribution is -2.56. The highest BCUT2D eigenvalue weighted by molar-refractivity contribution is 6.30. The van der Waals surface area contributed by atoms with Crippen LogP contribution >= 0.6 is 11.6 Å². The van der Waals surface area contributed by atoms with Crippen LogP contribution in [-0.2, 0) is 41.7 Å². The second-order valence-electron chi connectivity index (χ2n) is 12.7. The summed E-state index contributed by atoms with van der Waals surface area (Å²) in [7, 11) is 0. The number of nitrogens with zero attached hydrogens (tertiary/aromatic N) is 2. The number of benzene rings is 1. The van der Waals surface area contributed by atoms with Gasteiger partial charge in [0.1, 0.15) is 29.8 Å². The second kappa shape index (κ2) is 13.5. The van der Waals surface area contributed by atoms with Gasteiger partial charge in [-0.25, -0.2) is 14.4 Å². The first-order valence-corrected chi connectivity index (χ1v) is 16.3. The largest absolute Gasteiger partial charge is 0.479 e. The minimum absolute atomic E-state index is 0.0251. The molecule has 1 aromatic rings. The number of carboxylic acids is 1. The van der Waals surface area contributed by atoms with E-state index < -0.39 is 59.8 Å². The Morgan fingerprint density at radius 3 is 2.67 bits per heavy atom. The molecule has 2 saturated heterocycles. The molecule has 5 aliphatic rings. The zero-order chi connectivity index (χ0) is 32.4. The molecule has 6 atom stereocenters. The summed E-state index contributed by atoms with van der Waals surface area (Å²) in [5, 5.41) is 16.0. The fourth-order valence-corrected chi connectivity index (χ4v) is 6.98. The second-order valence-corrected chi connectivity index (χ2v) is 13.2. The number of allylic oxidation sites excluding steroid dienone is 1. The van der Waals surface area contributed by atoms with Crippen molar-refractivity contribution >= 4 is 41.6 Å². The zero-order valence-electron chi connectivity index (χ0n) is 25.5. The fraction of sp³-hybridized carbons (Fsp3) is 0.594. The molecular weight excluding hydrogens is 620 g/mol. The highest BCUT2D eigenvalue weighted by Gasteiger charge is 2.61. The number of fused-ring (bicyclic) bond motifs is 3. The van der Waals surface area contributed by atoms with Gasteiger partial charge in [-0.2, -0.15) is 0 Å². The molecule has 0 radical (unpaired) electrons. The van der Waals surface area contributed by atoms with Gasteiger partial charge in [0.2, 0.25) is 11.8 Å². The number of nitrogens with one attached hydrogen (secondary N) is 2. The Kier molecular flexibility index (Phi) is 9.42. The number of ether oxygens (including phenoxy) is 3. The molecule has 248 valence electrons. The molecule has 3 fully saturated rings. The number of hydrogen-bond donors (Lipinski definition) is 3. The number of carboxylic acid groups (broad SMARTS) is 1. The van der Waals surface area contributed by atoms with E-state index >= 15 is 0 Å². The lowest BCUT2D eigenvalue weighted by Gasteiger charge is -2.29. The first-order valence-electron chi connectivity index (χ1n) is 15.9. The maximum absolute atomic E-state index is 14.1. The summed E-state index contributed by atoms with van der Waals surface area (Å²) in [5.74, 6) is -2.68. The standard InChI is InChI=1S/C32H39ClN4O9/c33-22-9-8-19-15-36(16-20(19)12-22)31(43)46-24-13-26-27(38)35-32(29(40)41)14-21(32)6-4-2-1-3-5-7-25(28(39)37(26)17-24)34-30(42)45-23-10-11-44-18-23/h4,6,8-9,12,21,23-26H,1-3,5,7,10-11,13-18H2,(H,34,42)(H,35,38)(H,40,41)/b6-4-/t21-,23?,24-,25+,26+,32-/m1/s1. The predicted octanol–water partition coefficient (Wildman–Crippen LogP) is 3.13. The molecule has 3 N–H and O–H groups in total. The van der Waals surface area contributed by atoms with Gasteiger partial charge in [0, 0.05) is 36.9 Å². The van der Waals surface area contributed by atoms with E-state index in [4.69, 9.17) is 25.8 Å². The molecule has 1 aromatic carbocycles. The number of amides is 4. The SMILES string of the molecule is O=C(N[C@H]1CCCCC/C=C\[C@@H]2C[C@@]2(C(=O)O)NC(=O)[C@@H]2C[C@@H](OC(=O)N3Cc4ccc(Cl)cc4C3)CN2C1=O)OC1CCOC1. The molecule has 1 saturated carbocycles. The smallest absolute Gasteiger partial charge is 0.410 e. The van der Waals surface area contributed by atoms with Crippen molar-refractivity contribution in [3.8, 4) is 0 Å². The monoisotopic (exact) mass is 658 g/mol. The summed E-state index contributed by atoms with van der Waals surface area (Å²) in [4.78, 5) is 69.1. The Morgan fingerprint density at radius 1 is 1.07 bits per heavy atom. The van der Waals surface area contributed by atoms with Crippen molar-refractivity contribution in [2.45, 2.75) is 94.3 Å². The van der Waals surface area contributed by atoms with Crippen molar-refractivity contribution in [3.63, 3.8) is 0 Å². The van der Waals surface area contributed by atoms with E-state index in [1.807, 2.05) is 18.2 Å². The van der Waals surface area contributed by atoms with Crippen LogP contribution in [0.4, 0.5) is 9.59 Å². The van der Waals surface area contributed by atoms with E-state index in [0.29, 0.717) is 44.0 Å². The quantitative estimate of drug-likeness (QED) is 0.413. The minimum atomic E-state index is -1.47. The van der Waals surface area contributed by atoms with E-state index in [-0.39, 0.29) is 31.9 Å². The van der Waals surface area contributed by atoms with Crippen LogP contribution in [0.2, 0.25) is 5.02 Å². The Morgan fingerprint density at radius 2 is 1.89 bits per heavy atom. The molecule has 6 rings (SSSR count). The first-order chi connectivity index (χ1) is 22.1. The van der Waals surface area contributed by atoms with Crippen molar-refractivity contribution in [3.05, 3.63) is 46.5 Å². The topological polar surface area (TPSA) is 164 Å². The molecule has 14 heteroatoms. The number of halogens is 1. The molecule has 46 heavy (non-hydrogen) atoms. The maximum atomic E-state index is 14.1. The third kappa shape index (κ3) is 6.95. The van der Waals surface area contributed by atoms with Crippen LogP contribution in [-0.4, -0.2) is 94.5 Å². The minimum Gasteiger partial charge on any atom is -0.479 e. The molecular formula is C32H39ClN4O9. The Bertz CT molecular complexity index is 1420. The average Bonchev–Trinajstić information content (AvgIpc) is 3.43. The summed E-state index contributed by atoms with van der Waals surface area (Å²) in [5.41, 5.74) is 0.395. The molecule has 1 unspecified atom stereocenters. The molecule has 1 aliphatic carbocycles. The third-order valence-electron chi connectivity index (χ3n) is 9.49. The summed E-state index contributed by atoms with van der Waals surface area (Å²) < 4.78 is 16.6. The van der Waals surface area contributed by atoms with E-state index in [2.05, 4.69) is 10.6 Å². The van der Waals surface area contributed by atoms with Crippen LogP contribution < -0.4 is 10.6 Å². The molecule has 0 bridgehead atoms. The molecule has 4 heterocycles. The normalized spacial score (nSPS) is 31.8. The van der Waals surface area contributed by atoms with Crippen LogP contribution in [0, 0.1) is 5.92 Å². The lowest BCUT2D eigenvalue weighted by atomic mass is 10.0. The van der Waals surface area contributed by atoms with Gasteiger partial charge in [-0.05, 0) is 48.9 Å². The van der Waals surface area contributed by atoms with E-state index in [9.17, 15) is 29.1 Å². The Balaban J connectivity index is 1.20. The van der Waals surface area contributed by atoms with Gasteiger partial charge in [-0.15, -0.1) is 0 Å². The summed E-state index contributed by atoms with van der Waals surface area (Å²) in [6, 6.07) is 3.30. The summed E-state index contributed by atoms with van der Waals surface area (Å²) in [6.45, 7) is 1.31. The lowest BCUT2D eigenvalue weighted by molar-refractivity contribution is -0.145. The highest BCUT2D eigenvalue weighted by Crippen LogP contribution is 2.45. The van der Waals surface area contributed by atoms with Crippen LogP contribution in [0.5, 0.6) is 0 Å². The van der Waals surface area contributed by atoms with Crippen molar-refractivity contribution in [2.24, 2.45) is 5.92 Å². The van der Waals surface area contributed by atoms with Crippen LogP contribution in [0.3, 0.4) is 0 Å². The highest BCUT2D eigenvalue weighted by atomic mass is 35.5. The van der Waals surface area contributed by atoms with Crippen molar-refractivity contribution in [1.29, 1.82) is 0 Å². The van der Waals surface area contributed by atoms with Crippen LogP contribution in [0.15, 0.2) is 30.4 Å². The van der Waals surface area contributed by atoms with Gasteiger partial charge < -0.3 is 34.9 Å². The predicted molar refractivity (Wildman–Crippen MR) is 163 cm³/mol. The fourth-order valence-electron chi connectivity index (χ4n) is 6.79. The van der Waals surface area contributed by atoms with Crippen LogP contribution in [0.25, 0.3) is 0 Å². The maximum Gasteiger partial charge on any atom is 0.410 e. The number of carbonyl (C=O) groups excluding carboxylic acids is 4. The average molecular weight is 659 g/mol. The molecule has 13 nitrogen and oxygen atoms in total. The summed E-state index contributed by atoms with van der Waals surface area (Å²) >= 11 is 6.12. The van der Waals surface area contributed by atoms with Gasteiger partial charge in [0.25, 0.3) is 0 Å². The molecule has 0 aromatic heterocycles. The summed E-state index contributed by atoms with van der Waals surface area (Å²) in [6.07, 6.45) is 5.21. The third-order valence-corrected chi connectivity index (χ3v) is 9.73. The van der Waals surface area contributed by atoms with Gasteiger partial charge >= 0.3 is 18.2 Å². The van der Waals surface area contributed by atoms with Gasteiger partial charge in [0.05, 0.1) is 19.8 Å². The number of hydrogen-bond acceptors (Lipinski definition) is 8. The Labute approximate surface area is 271 Å². The zero-order valence-corrected chi connectivity index (χ0v) is 26.2.